The van der Waals surface area contributed by atoms with E-state index in [1.54, 1.807) is 6.07 Å². The van der Waals surface area contributed by atoms with Crippen LogP contribution < -0.4 is 20.4 Å². The lowest BCUT2D eigenvalue weighted by Gasteiger charge is -2.13. The van der Waals surface area contributed by atoms with Gasteiger partial charge in [-0.1, -0.05) is 13.8 Å². The van der Waals surface area contributed by atoms with Gasteiger partial charge in [0.1, 0.15) is 30.5 Å². The molecular formula is C22H28B2FIO8. The van der Waals surface area contributed by atoms with Crippen LogP contribution in [0.4, 0.5) is 4.39 Å². The van der Waals surface area contributed by atoms with Gasteiger partial charge in [-0.05, 0) is 65.3 Å². The minimum absolute atomic E-state index is 0.0467. The molecule has 2 aromatic carbocycles. The Kier molecular flexibility index (Phi) is 10.0. The first-order chi connectivity index (χ1) is 16.4. The normalized spacial score (nSPS) is 18.4. The lowest BCUT2D eigenvalue weighted by atomic mass is 9.78. The van der Waals surface area contributed by atoms with Gasteiger partial charge in [0, 0.05) is 20.1 Å². The van der Waals surface area contributed by atoms with E-state index in [1.807, 2.05) is 19.9 Å². The van der Waals surface area contributed by atoms with Crippen LogP contribution in [0.3, 0.4) is 0 Å². The molecule has 4 N–H and O–H groups in total. The molecule has 0 saturated carbocycles. The molecule has 0 aliphatic carbocycles. The minimum atomic E-state index is -1.17. The largest absolute Gasteiger partial charge is 0.495 e. The van der Waals surface area contributed by atoms with Crippen LogP contribution in [0.1, 0.15) is 50.0 Å². The third-order valence-electron chi connectivity index (χ3n) is 5.55. The Labute approximate surface area is 212 Å². The smallest absolute Gasteiger partial charge is 0.492 e. The van der Waals surface area contributed by atoms with Crippen LogP contribution in [0.5, 0.6) is 11.5 Å². The highest BCUT2D eigenvalue weighted by Crippen LogP contribution is 2.34. The third kappa shape index (κ3) is 5.69. The summed E-state index contributed by atoms with van der Waals surface area (Å²) in [7, 11) is -2.10. The maximum atomic E-state index is 13.7. The molecule has 0 unspecified atom stereocenters. The maximum Gasteiger partial charge on any atom is 0.495 e. The second-order valence-corrected chi connectivity index (χ2v) is 8.82. The number of hydrogen-bond acceptors (Lipinski definition) is 8. The molecule has 0 radical (unpaired) electrons. The molecule has 0 fully saturated rings. The number of hydrogen-bond donors (Lipinski definition) is 4. The van der Waals surface area contributed by atoms with Crippen LogP contribution >= 0.6 is 22.6 Å². The Morgan fingerprint density at radius 2 is 1.32 bits per heavy atom. The predicted molar refractivity (Wildman–Crippen MR) is 134 cm³/mol. The quantitative estimate of drug-likeness (QED) is 0.269. The van der Waals surface area contributed by atoms with Gasteiger partial charge in [-0.2, -0.15) is 0 Å². The molecule has 2 aliphatic heterocycles. The zero-order valence-corrected chi connectivity index (χ0v) is 21.2. The Hall–Kier alpha value is -1.41. The second-order valence-electron chi connectivity index (χ2n) is 7.66. The van der Waals surface area contributed by atoms with Gasteiger partial charge >= 0.3 is 14.2 Å². The molecule has 0 aromatic heterocycles. The summed E-state index contributed by atoms with van der Waals surface area (Å²) in [5, 5.41) is 37.2. The van der Waals surface area contributed by atoms with E-state index in [0.717, 1.165) is 15.6 Å². The fourth-order valence-corrected chi connectivity index (χ4v) is 4.91. The molecule has 2 atom stereocenters. The Balaban J connectivity index is 0.000000191. The van der Waals surface area contributed by atoms with Crippen LogP contribution in [0.25, 0.3) is 0 Å². The Morgan fingerprint density at radius 3 is 1.82 bits per heavy atom. The molecular weight excluding hydrogens is 560 g/mol. The van der Waals surface area contributed by atoms with Crippen LogP contribution in [0, 0.1) is 9.39 Å². The van der Waals surface area contributed by atoms with Crippen molar-refractivity contribution in [3.63, 3.8) is 0 Å². The van der Waals surface area contributed by atoms with Crippen molar-refractivity contribution in [2.75, 3.05) is 26.4 Å². The fourth-order valence-electron chi connectivity index (χ4n) is 4.09. The van der Waals surface area contributed by atoms with Gasteiger partial charge in [0.05, 0.1) is 25.4 Å². The summed E-state index contributed by atoms with van der Waals surface area (Å²) in [5.41, 5.74) is 2.41. The number of ether oxygens (including phenoxy) is 2. The second kappa shape index (κ2) is 12.5. The van der Waals surface area contributed by atoms with Gasteiger partial charge in [-0.15, -0.1) is 0 Å². The van der Waals surface area contributed by atoms with E-state index in [9.17, 15) is 14.4 Å². The van der Waals surface area contributed by atoms with E-state index in [-0.39, 0.29) is 32.5 Å². The molecule has 2 heterocycles. The molecule has 2 aromatic rings. The highest BCUT2D eigenvalue weighted by molar-refractivity contribution is 14.1. The molecule has 2 aliphatic rings. The number of benzene rings is 2. The van der Waals surface area contributed by atoms with Crippen LogP contribution in [0.2, 0.25) is 0 Å². The number of halogens is 2. The van der Waals surface area contributed by atoms with E-state index >= 15 is 0 Å². The first kappa shape index (κ1) is 27.2. The highest BCUT2D eigenvalue weighted by Gasteiger charge is 2.40. The number of fused-ring (bicyclic) bond motifs is 2. The summed E-state index contributed by atoms with van der Waals surface area (Å²) in [6.45, 7) is 4.00. The molecule has 34 heavy (non-hydrogen) atoms. The van der Waals surface area contributed by atoms with Gasteiger partial charge in [0.15, 0.2) is 0 Å². The summed E-state index contributed by atoms with van der Waals surface area (Å²) in [4.78, 5) is 0. The molecule has 4 rings (SSSR count). The van der Waals surface area contributed by atoms with Gasteiger partial charge in [-0.25, -0.2) is 4.39 Å². The summed E-state index contributed by atoms with van der Waals surface area (Å²) >= 11 is 2.23. The summed E-state index contributed by atoms with van der Waals surface area (Å²) in [6.07, 6.45) is 0.857. The van der Waals surface area contributed by atoms with E-state index < -0.39 is 26.2 Å². The number of aliphatic hydroxyl groups is 2. The van der Waals surface area contributed by atoms with E-state index in [1.165, 1.54) is 12.1 Å². The average molecular weight is 588 g/mol. The topological polar surface area (TPSA) is 118 Å². The first-order valence-corrected chi connectivity index (χ1v) is 12.2. The van der Waals surface area contributed by atoms with E-state index in [2.05, 4.69) is 22.6 Å². The van der Waals surface area contributed by atoms with Crippen molar-refractivity contribution in [2.45, 2.75) is 38.9 Å². The Morgan fingerprint density at radius 1 is 0.853 bits per heavy atom. The van der Waals surface area contributed by atoms with Crippen molar-refractivity contribution in [3.05, 3.63) is 44.8 Å². The van der Waals surface area contributed by atoms with Gasteiger partial charge in [0.25, 0.3) is 0 Å². The maximum absolute atomic E-state index is 13.7. The Bertz CT molecular complexity index is 905. The first-order valence-electron chi connectivity index (χ1n) is 11.2. The molecule has 12 heteroatoms. The van der Waals surface area contributed by atoms with Crippen molar-refractivity contribution in [2.24, 2.45) is 0 Å². The highest BCUT2D eigenvalue weighted by atomic mass is 127. The fraction of sp³-hybridized carbons (Fsp3) is 0.455. The van der Waals surface area contributed by atoms with Crippen LogP contribution in [-0.4, -0.2) is 60.9 Å². The monoisotopic (exact) mass is 588 g/mol. The van der Waals surface area contributed by atoms with Crippen molar-refractivity contribution in [1.29, 1.82) is 0 Å². The third-order valence-corrected chi connectivity index (χ3v) is 6.49. The lowest BCUT2D eigenvalue weighted by molar-refractivity contribution is 0.183. The summed E-state index contributed by atoms with van der Waals surface area (Å²) in [5.74, 6) is 0.552. The zero-order valence-electron chi connectivity index (χ0n) is 19.0. The predicted octanol–water partition coefficient (Wildman–Crippen LogP) is 1.20. The SMILES string of the molecule is CC[C@H]1OB(O)c2c(OCCO)ccc(F)c21.CC[C@H]1OB(O)c2c(OCCO)ccc(I)c21. The average Bonchev–Trinajstić information content (AvgIpc) is 3.37. The molecule has 8 nitrogen and oxygen atoms in total. The van der Waals surface area contributed by atoms with Gasteiger partial charge in [-0.3, -0.25) is 0 Å². The molecule has 0 saturated heterocycles. The van der Waals surface area contributed by atoms with Crippen LogP contribution in [0.15, 0.2) is 24.3 Å². The van der Waals surface area contributed by atoms with Crippen molar-refractivity contribution < 1.29 is 43.4 Å². The van der Waals surface area contributed by atoms with E-state index in [0.29, 0.717) is 34.4 Å². The molecule has 0 amide bonds. The summed E-state index contributed by atoms with van der Waals surface area (Å²) < 4.78 is 36.2. The van der Waals surface area contributed by atoms with E-state index in [4.69, 9.17) is 29.0 Å². The zero-order chi connectivity index (χ0) is 24.8. The number of aliphatic hydroxyl groups excluding tert-OH is 2. The lowest BCUT2D eigenvalue weighted by Crippen LogP contribution is -2.30. The molecule has 0 spiro atoms. The van der Waals surface area contributed by atoms with Crippen LogP contribution in [-0.2, 0) is 9.31 Å². The van der Waals surface area contributed by atoms with Gasteiger partial charge in [0.2, 0.25) is 0 Å². The van der Waals surface area contributed by atoms with Crippen molar-refractivity contribution in [3.8, 4) is 11.5 Å². The number of rotatable bonds is 8. The van der Waals surface area contributed by atoms with Crippen molar-refractivity contribution >= 4 is 47.8 Å². The van der Waals surface area contributed by atoms with Crippen molar-refractivity contribution in [1.82, 2.24) is 0 Å². The minimum Gasteiger partial charge on any atom is -0.492 e. The standard InChI is InChI=1S/C11H14BFO4.C11H14BIO4/c2*1-2-8-10-7(13)3-4-9(16-6-5-14)11(10)12(15)17-8/h2*3-4,8,14-15H,2,5-6H2,1H3/t2*8-/m11/s1. The molecule has 0 bridgehead atoms. The molecule has 184 valence electrons. The van der Waals surface area contributed by atoms with Gasteiger partial charge < -0.3 is 39.0 Å². The summed E-state index contributed by atoms with van der Waals surface area (Å²) in [6, 6.07) is 6.47.